The lowest BCUT2D eigenvalue weighted by Gasteiger charge is -1.95. The molecule has 0 aromatic carbocycles. The number of hydrogen-bond donors (Lipinski definition) is 1. The van der Waals surface area contributed by atoms with E-state index in [1.807, 2.05) is 13.1 Å². The van der Waals surface area contributed by atoms with Crippen LogP contribution in [0.4, 0.5) is 6.01 Å². The number of halogens is 1. The molecule has 0 amide bonds. The summed E-state index contributed by atoms with van der Waals surface area (Å²) in [6.07, 6.45) is 2.43. The van der Waals surface area contributed by atoms with Gasteiger partial charge in [-0.15, -0.1) is 28.0 Å². The van der Waals surface area contributed by atoms with Crippen LogP contribution < -0.4 is 5.32 Å². The smallest absolute Gasteiger partial charge is 0.315 e. The molecule has 0 saturated carbocycles. The summed E-state index contributed by atoms with van der Waals surface area (Å²) in [5, 5.41) is 11.7. The SMILES string of the molecule is Cc1cnc(CNc2nnc(CCCl)o2)s1. The normalized spacial score (nSPS) is 10.6. The number of aromatic nitrogens is 3. The van der Waals surface area contributed by atoms with E-state index in [4.69, 9.17) is 16.0 Å². The van der Waals surface area contributed by atoms with E-state index in [1.165, 1.54) is 4.88 Å². The number of nitrogens with zero attached hydrogens (tertiary/aromatic N) is 3. The van der Waals surface area contributed by atoms with Gasteiger partial charge in [-0.05, 0) is 6.92 Å². The summed E-state index contributed by atoms with van der Waals surface area (Å²) in [7, 11) is 0. The summed E-state index contributed by atoms with van der Waals surface area (Å²) in [4.78, 5) is 5.40. The van der Waals surface area contributed by atoms with Crippen LogP contribution in [-0.4, -0.2) is 21.1 Å². The molecule has 0 aliphatic heterocycles. The fraction of sp³-hybridized carbons (Fsp3) is 0.444. The van der Waals surface area contributed by atoms with E-state index in [2.05, 4.69) is 20.5 Å². The lowest BCUT2D eigenvalue weighted by Crippen LogP contribution is -1.98. The van der Waals surface area contributed by atoms with Gasteiger partial charge in [0, 0.05) is 23.4 Å². The Hall–Kier alpha value is -1.14. The molecule has 2 aromatic rings. The molecule has 0 aliphatic rings. The highest BCUT2D eigenvalue weighted by Crippen LogP contribution is 2.13. The fourth-order valence-corrected chi connectivity index (χ4v) is 2.03. The zero-order valence-corrected chi connectivity index (χ0v) is 10.3. The van der Waals surface area contributed by atoms with Gasteiger partial charge in [-0.25, -0.2) is 4.98 Å². The molecule has 86 valence electrons. The first-order valence-electron chi connectivity index (χ1n) is 4.81. The third-order valence-corrected chi connectivity index (χ3v) is 2.94. The van der Waals surface area contributed by atoms with E-state index >= 15 is 0 Å². The van der Waals surface area contributed by atoms with Crippen molar-refractivity contribution >= 4 is 29.0 Å². The lowest BCUT2D eigenvalue weighted by atomic mass is 10.5. The van der Waals surface area contributed by atoms with E-state index in [-0.39, 0.29) is 0 Å². The zero-order valence-electron chi connectivity index (χ0n) is 8.73. The van der Waals surface area contributed by atoms with Crippen molar-refractivity contribution < 1.29 is 4.42 Å². The van der Waals surface area contributed by atoms with Crippen LogP contribution in [0.2, 0.25) is 0 Å². The van der Waals surface area contributed by atoms with Crippen LogP contribution in [0.1, 0.15) is 15.8 Å². The number of thiazole rings is 1. The number of hydrogen-bond acceptors (Lipinski definition) is 6. The monoisotopic (exact) mass is 258 g/mol. The molecule has 0 saturated heterocycles. The Bertz CT molecular complexity index is 456. The minimum absolute atomic E-state index is 0.410. The summed E-state index contributed by atoms with van der Waals surface area (Å²) in [5.41, 5.74) is 0. The molecule has 5 nitrogen and oxygen atoms in total. The van der Waals surface area contributed by atoms with Crippen LogP contribution in [0.5, 0.6) is 0 Å². The van der Waals surface area contributed by atoms with Crippen LogP contribution in [0, 0.1) is 6.92 Å². The average Bonchev–Trinajstić information content (AvgIpc) is 2.85. The van der Waals surface area contributed by atoms with Gasteiger partial charge in [-0.1, -0.05) is 5.10 Å². The second kappa shape index (κ2) is 5.27. The molecule has 0 aliphatic carbocycles. The van der Waals surface area contributed by atoms with Gasteiger partial charge >= 0.3 is 6.01 Å². The van der Waals surface area contributed by atoms with Crippen molar-refractivity contribution in [2.45, 2.75) is 19.9 Å². The summed E-state index contributed by atoms with van der Waals surface area (Å²) in [6.45, 7) is 2.62. The van der Waals surface area contributed by atoms with Crippen molar-refractivity contribution in [2.75, 3.05) is 11.2 Å². The predicted octanol–water partition coefficient (Wildman–Crippen LogP) is 2.23. The third kappa shape index (κ3) is 2.93. The van der Waals surface area contributed by atoms with E-state index in [0.717, 1.165) is 5.01 Å². The summed E-state index contributed by atoms with van der Waals surface area (Å²) >= 11 is 7.20. The molecular weight excluding hydrogens is 248 g/mol. The fourth-order valence-electron chi connectivity index (χ4n) is 1.14. The van der Waals surface area contributed by atoms with Crippen LogP contribution in [-0.2, 0) is 13.0 Å². The van der Waals surface area contributed by atoms with Crippen LogP contribution in [0.15, 0.2) is 10.6 Å². The van der Waals surface area contributed by atoms with Gasteiger partial charge in [0.15, 0.2) is 0 Å². The number of alkyl halides is 1. The standard InChI is InChI=1S/C9H11ClN4OS/c1-6-4-11-8(16-6)5-12-9-14-13-7(15-9)2-3-10/h4H,2-3,5H2,1H3,(H,12,14). The van der Waals surface area contributed by atoms with Gasteiger partial charge in [0.05, 0.1) is 6.54 Å². The highest BCUT2D eigenvalue weighted by atomic mass is 35.5. The van der Waals surface area contributed by atoms with Gasteiger partial charge in [-0.3, -0.25) is 0 Å². The minimum atomic E-state index is 0.410. The molecular formula is C9H11ClN4OS. The molecule has 0 bridgehead atoms. The Balaban J connectivity index is 1.89. The molecule has 16 heavy (non-hydrogen) atoms. The Morgan fingerprint density at radius 3 is 3.06 bits per heavy atom. The highest BCUT2D eigenvalue weighted by molar-refractivity contribution is 7.11. The molecule has 2 rings (SSSR count). The third-order valence-electron chi connectivity index (χ3n) is 1.84. The first-order valence-corrected chi connectivity index (χ1v) is 6.16. The van der Waals surface area contributed by atoms with E-state index < -0.39 is 0 Å². The topological polar surface area (TPSA) is 63.8 Å². The number of anilines is 1. The van der Waals surface area contributed by atoms with Crippen LogP contribution >= 0.6 is 22.9 Å². The van der Waals surface area contributed by atoms with Crippen molar-refractivity contribution in [3.05, 3.63) is 22.0 Å². The maximum atomic E-state index is 5.56. The zero-order chi connectivity index (χ0) is 11.4. The maximum absolute atomic E-state index is 5.56. The van der Waals surface area contributed by atoms with E-state index in [1.54, 1.807) is 11.3 Å². The van der Waals surface area contributed by atoms with Gasteiger partial charge < -0.3 is 9.73 Å². The van der Waals surface area contributed by atoms with Crippen LogP contribution in [0.3, 0.4) is 0 Å². The Morgan fingerprint density at radius 1 is 1.50 bits per heavy atom. The van der Waals surface area contributed by atoms with Crippen molar-refractivity contribution in [3.8, 4) is 0 Å². The molecule has 0 spiro atoms. The van der Waals surface area contributed by atoms with Crippen molar-refractivity contribution in [1.82, 2.24) is 15.2 Å². The minimum Gasteiger partial charge on any atom is -0.408 e. The molecule has 7 heteroatoms. The average molecular weight is 259 g/mol. The predicted molar refractivity (Wildman–Crippen MR) is 62.9 cm³/mol. The molecule has 0 unspecified atom stereocenters. The van der Waals surface area contributed by atoms with Crippen molar-refractivity contribution in [3.63, 3.8) is 0 Å². The molecule has 0 fully saturated rings. The molecule has 0 radical (unpaired) electrons. The maximum Gasteiger partial charge on any atom is 0.315 e. The Morgan fingerprint density at radius 2 is 2.38 bits per heavy atom. The summed E-state index contributed by atoms with van der Waals surface area (Å²) in [6, 6.07) is 0.410. The number of nitrogens with one attached hydrogen (secondary N) is 1. The van der Waals surface area contributed by atoms with E-state index in [0.29, 0.717) is 30.8 Å². The largest absolute Gasteiger partial charge is 0.408 e. The second-order valence-corrected chi connectivity index (χ2v) is 4.86. The highest BCUT2D eigenvalue weighted by Gasteiger charge is 2.05. The quantitative estimate of drug-likeness (QED) is 0.834. The molecule has 1 N–H and O–H groups in total. The Kier molecular flexibility index (Phi) is 3.74. The summed E-state index contributed by atoms with van der Waals surface area (Å²) < 4.78 is 5.31. The van der Waals surface area contributed by atoms with Crippen LogP contribution in [0.25, 0.3) is 0 Å². The van der Waals surface area contributed by atoms with Gasteiger partial charge in [-0.2, -0.15) is 0 Å². The van der Waals surface area contributed by atoms with Gasteiger partial charge in [0.2, 0.25) is 5.89 Å². The number of rotatable bonds is 5. The Labute approximate surface area is 102 Å². The van der Waals surface area contributed by atoms with Gasteiger partial charge in [0.25, 0.3) is 0 Å². The molecule has 2 heterocycles. The summed E-state index contributed by atoms with van der Waals surface area (Å²) in [5.74, 6) is 1.03. The molecule has 2 aromatic heterocycles. The second-order valence-electron chi connectivity index (χ2n) is 3.16. The molecule has 0 atom stereocenters. The first kappa shape index (κ1) is 11.3. The van der Waals surface area contributed by atoms with Crippen molar-refractivity contribution in [1.29, 1.82) is 0 Å². The van der Waals surface area contributed by atoms with Crippen molar-refractivity contribution in [2.24, 2.45) is 0 Å². The first-order chi connectivity index (χ1) is 7.78. The van der Waals surface area contributed by atoms with Gasteiger partial charge in [0.1, 0.15) is 5.01 Å². The van der Waals surface area contributed by atoms with E-state index in [9.17, 15) is 0 Å². The lowest BCUT2D eigenvalue weighted by molar-refractivity contribution is 0.512. The number of aryl methyl sites for hydroxylation is 2.